The molecule has 2 aromatic carbocycles. The average molecular weight is 343 g/mol. The molecule has 0 amide bonds. The number of halogens is 1. The van der Waals surface area contributed by atoms with Gasteiger partial charge in [-0.15, -0.1) is 11.8 Å². The van der Waals surface area contributed by atoms with Crippen LogP contribution in [0.4, 0.5) is 0 Å². The third kappa shape index (κ3) is 3.98. The maximum absolute atomic E-state index is 6.49. The van der Waals surface area contributed by atoms with E-state index in [-0.39, 0.29) is 0 Å². The van der Waals surface area contributed by atoms with Crippen molar-refractivity contribution in [3.63, 3.8) is 0 Å². The lowest BCUT2D eigenvalue weighted by molar-refractivity contribution is 0.738. The Labute approximate surface area is 146 Å². The number of imidazole rings is 1. The van der Waals surface area contributed by atoms with Gasteiger partial charge in [0, 0.05) is 27.6 Å². The van der Waals surface area contributed by atoms with Gasteiger partial charge in [0.05, 0.1) is 6.54 Å². The van der Waals surface area contributed by atoms with Crippen LogP contribution in [-0.4, -0.2) is 9.55 Å². The van der Waals surface area contributed by atoms with E-state index in [9.17, 15) is 0 Å². The Morgan fingerprint density at radius 2 is 1.87 bits per heavy atom. The van der Waals surface area contributed by atoms with Gasteiger partial charge in [0.25, 0.3) is 0 Å². The number of hydrogen-bond donors (Lipinski definition) is 0. The number of aromatic nitrogens is 2. The molecular weight excluding hydrogens is 324 g/mol. The fraction of sp³-hybridized carbons (Fsp3) is 0.211. The van der Waals surface area contributed by atoms with E-state index in [1.807, 2.05) is 30.9 Å². The molecule has 1 aromatic heterocycles. The van der Waals surface area contributed by atoms with Gasteiger partial charge in [0.15, 0.2) is 0 Å². The molecule has 118 valence electrons. The van der Waals surface area contributed by atoms with Gasteiger partial charge in [-0.1, -0.05) is 41.9 Å². The molecule has 0 aliphatic heterocycles. The molecule has 4 heteroatoms. The largest absolute Gasteiger partial charge is 0.328 e. The summed E-state index contributed by atoms with van der Waals surface area (Å²) in [7, 11) is 0. The van der Waals surface area contributed by atoms with Crippen molar-refractivity contribution in [1.29, 1.82) is 0 Å². The first-order chi connectivity index (χ1) is 11.1. The van der Waals surface area contributed by atoms with Crippen LogP contribution in [0.15, 0.2) is 59.6 Å². The maximum atomic E-state index is 6.49. The average Bonchev–Trinajstić information content (AvgIpc) is 2.88. The van der Waals surface area contributed by atoms with Crippen molar-refractivity contribution < 1.29 is 0 Å². The number of aryl methyl sites for hydroxylation is 2. The lowest BCUT2D eigenvalue weighted by Crippen LogP contribution is -2.04. The Hall–Kier alpha value is -1.71. The van der Waals surface area contributed by atoms with Crippen LogP contribution in [0.5, 0.6) is 0 Å². The lowest BCUT2D eigenvalue weighted by atomic mass is 10.1. The molecule has 0 saturated heterocycles. The fourth-order valence-electron chi connectivity index (χ4n) is 2.48. The van der Waals surface area contributed by atoms with Gasteiger partial charge in [0.1, 0.15) is 5.82 Å². The SMILES string of the molecule is Cc1cnc(C)n1Cc1ccc(CSc2ccccc2)cc1Cl. The number of thioether (sulfide) groups is 1. The van der Waals surface area contributed by atoms with Gasteiger partial charge in [-0.05, 0) is 43.2 Å². The highest BCUT2D eigenvalue weighted by atomic mass is 35.5. The smallest absolute Gasteiger partial charge is 0.106 e. The molecule has 0 atom stereocenters. The molecule has 3 rings (SSSR count). The summed E-state index contributed by atoms with van der Waals surface area (Å²) in [6, 6.07) is 16.8. The molecule has 0 aliphatic carbocycles. The first-order valence-corrected chi connectivity index (χ1v) is 8.94. The summed E-state index contributed by atoms with van der Waals surface area (Å²) in [6.45, 7) is 4.85. The number of rotatable bonds is 5. The van der Waals surface area contributed by atoms with Gasteiger partial charge in [-0.2, -0.15) is 0 Å². The van der Waals surface area contributed by atoms with Crippen LogP contribution in [0.3, 0.4) is 0 Å². The Kier molecular flexibility index (Phi) is 5.09. The molecule has 0 N–H and O–H groups in total. The first-order valence-electron chi connectivity index (χ1n) is 7.57. The molecule has 23 heavy (non-hydrogen) atoms. The van der Waals surface area contributed by atoms with Gasteiger partial charge in [-0.25, -0.2) is 4.98 Å². The van der Waals surface area contributed by atoms with Crippen LogP contribution in [0.25, 0.3) is 0 Å². The van der Waals surface area contributed by atoms with E-state index in [0.29, 0.717) is 0 Å². The van der Waals surface area contributed by atoms with Crippen LogP contribution >= 0.6 is 23.4 Å². The zero-order valence-corrected chi connectivity index (χ0v) is 14.9. The predicted octanol–water partition coefficient (Wildman–Crippen LogP) is 5.49. The second-order valence-corrected chi connectivity index (χ2v) is 7.02. The molecule has 0 radical (unpaired) electrons. The quantitative estimate of drug-likeness (QED) is 0.570. The van der Waals surface area contributed by atoms with Gasteiger partial charge in [0.2, 0.25) is 0 Å². The molecule has 0 unspecified atom stereocenters. The van der Waals surface area contributed by atoms with Crippen LogP contribution in [0.2, 0.25) is 5.02 Å². The Bertz CT molecular complexity index is 777. The van der Waals surface area contributed by atoms with Crippen molar-refractivity contribution in [2.45, 2.75) is 31.0 Å². The maximum Gasteiger partial charge on any atom is 0.106 e. The number of nitrogens with zero attached hydrogens (tertiary/aromatic N) is 2. The summed E-state index contributed by atoms with van der Waals surface area (Å²) >= 11 is 8.31. The Morgan fingerprint density at radius 3 is 2.52 bits per heavy atom. The molecule has 0 aliphatic rings. The van der Waals surface area contributed by atoms with E-state index >= 15 is 0 Å². The van der Waals surface area contributed by atoms with Crippen molar-refractivity contribution in [1.82, 2.24) is 9.55 Å². The third-order valence-electron chi connectivity index (χ3n) is 3.85. The minimum atomic E-state index is 0.766. The molecule has 2 nitrogen and oxygen atoms in total. The highest BCUT2D eigenvalue weighted by molar-refractivity contribution is 7.98. The number of benzene rings is 2. The topological polar surface area (TPSA) is 17.8 Å². The van der Waals surface area contributed by atoms with Crippen LogP contribution in [0.1, 0.15) is 22.6 Å². The Morgan fingerprint density at radius 1 is 1.09 bits per heavy atom. The summed E-state index contributed by atoms with van der Waals surface area (Å²) in [5, 5.41) is 0.823. The lowest BCUT2D eigenvalue weighted by Gasteiger charge is -2.11. The monoisotopic (exact) mass is 342 g/mol. The van der Waals surface area contributed by atoms with Crippen molar-refractivity contribution in [2.24, 2.45) is 0 Å². The summed E-state index contributed by atoms with van der Waals surface area (Å²) in [5.74, 6) is 1.94. The van der Waals surface area contributed by atoms with E-state index in [4.69, 9.17) is 11.6 Å². The molecular formula is C19H19ClN2S. The number of hydrogen-bond acceptors (Lipinski definition) is 2. The van der Waals surface area contributed by atoms with E-state index in [2.05, 4.69) is 58.9 Å². The van der Waals surface area contributed by atoms with Crippen molar-refractivity contribution in [3.05, 3.63) is 82.4 Å². The highest BCUT2D eigenvalue weighted by Crippen LogP contribution is 2.26. The molecule has 0 saturated carbocycles. The van der Waals surface area contributed by atoms with Crippen molar-refractivity contribution in [2.75, 3.05) is 0 Å². The highest BCUT2D eigenvalue weighted by Gasteiger charge is 2.07. The summed E-state index contributed by atoms with van der Waals surface area (Å²) in [4.78, 5) is 5.61. The van der Waals surface area contributed by atoms with Crippen molar-refractivity contribution >= 4 is 23.4 Å². The van der Waals surface area contributed by atoms with Gasteiger partial charge >= 0.3 is 0 Å². The molecule has 0 spiro atoms. The van der Waals surface area contributed by atoms with E-state index in [1.54, 1.807) is 0 Å². The van der Waals surface area contributed by atoms with Crippen LogP contribution in [-0.2, 0) is 12.3 Å². The van der Waals surface area contributed by atoms with E-state index in [0.717, 1.165) is 34.4 Å². The van der Waals surface area contributed by atoms with Crippen LogP contribution in [0, 0.1) is 13.8 Å². The van der Waals surface area contributed by atoms with Gasteiger partial charge in [-0.3, -0.25) is 0 Å². The minimum Gasteiger partial charge on any atom is -0.328 e. The molecule has 0 fully saturated rings. The summed E-state index contributed by atoms with van der Waals surface area (Å²) < 4.78 is 2.18. The third-order valence-corrected chi connectivity index (χ3v) is 5.28. The summed E-state index contributed by atoms with van der Waals surface area (Å²) in [5.41, 5.74) is 3.53. The van der Waals surface area contributed by atoms with Gasteiger partial charge < -0.3 is 4.57 Å². The molecule has 0 bridgehead atoms. The zero-order chi connectivity index (χ0) is 16.2. The first kappa shape index (κ1) is 16.2. The standard InChI is InChI=1S/C19H19ClN2S/c1-14-11-21-15(2)22(14)12-17-9-8-16(10-19(17)20)13-23-18-6-4-3-5-7-18/h3-11H,12-13H2,1-2H3. The minimum absolute atomic E-state index is 0.766. The molecule has 1 heterocycles. The van der Waals surface area contributed by atoms with Crippen LogP contribution < -0.4 is 0 Å². The second-order valence-electron chi connectivity index (χ2n) is 5.56. The summed E-state index contributed by atoms with van der Waals surface area (Å²) in [6.07, 6.45) is 1.90. The van der Waals surface area contributed by atoms with E-state index < -0.39 is 0 Å². The second kappa shape index (κ2) is 7.24. The normalized spacial score (nSPS) is 10.9. The zero-order valence-electron chi connectivity index (χ0n) is 13.3. The van der Waals surface area contributed by atoms with Crippen molar-refractivity contribution in [3.8, 4) is 0 Å². The molecule has 3 aromatic rings. The fourth-order valence-corrected chi connectivity index (χ4v) is 3.61. The predicted molar refractivity (Wildman–Crippen MR) is 98.3 cm³/mol. The van der Waals surface area contributed by atoms with E-state index in [1.165, 1.54) is 10.5 Å². The Balaban J connectivity index is 1.71.